The van der Waals surface area contributed by atoms with Gasteiger partial charge in [0.1, 0.15) is 17.0 Å². The maximum atomic E-state index is 13.5. The molecule has 4 nitrogen and oxygen atoms in total. The molecule has 120 valence electrons. The molecular formula is C18H15FN4S. The summed E-state index contributed by atoms with van der Waals surface area (Å²) in [5.41, 5.74) is 2.91. The van der Waals surface area contributed by atoms with Crippen molar-refractivity contribution in [2.45, 2.75) is 32.1 Å². The summed E-state index contributed by atoms with van der Waals surface area (Å²) in [7, 11) is 0. The first-order chi connectivity index (χ1) is 11.8. The van der Waals surface area contributed by atoms with Crippen LogP contribution in [-0.4, -0.2) is 19.6 Å². The number of thiophene rings is 1. The Balaban J connectivity index is 1.77. The zero-order chi connectivity index (χ0) is 16.1. The molecule has 1 aliphatic carbocycles. The summed E-state index contributed by atoms with van der Waals surface area (Å²) < 4.78 is 15.2. The van der Waals surface area contributed by atoms with Gasteiger partial charge < -0.3 is 0 Å². The minimum absolute atomic E-state index is 0.279. The van der Waals surface area contributed by atoms with Crippen molar-refractivity contribution in [1.82, 2.24) is 19.6 Å². The molecule has 0 saturated heterocycles. The van der Waals surface area contributed by atoms with Crippen LogP contribution in [0.25, 0.3) is 27.3 Å². The SMILES string of the molecule is Fc1cccc(-c2nc3c4c5c(sc4ncn3n2)CCCCC5)c1. The van der Waals surface area contributed by atoms with Gasteiger partial charge >= 0.3 is 0 Å². The predicted molar refractivity (Wildman–Crippen MR) is 92.8 cm³/mol. The monoisotopic (exact) mass is 338 g/mol. The van der Waals surface area contributed by atoms with E-state index in [0.29, 0.717) is 11.4 Å². The third-order valence-electron chi connectivity index (χ3n) is 4.62. The van der Waals surface area contributed by atoms with Gasteiger partial charge in [-0.05, 0) is 43.4 Å². The van der Waals surface area contributed by atoms with Crippen LogP contribution in [0.2, 0.25) is 0 Å². The first kappa shape index (κ1) is 14.0. The highest BCUT2D eigenvalue weighted by Crippen LogP contribution is 2.36. The van der Waals surface area contributed by atoms with Crippen LogP contribution < -0.4 is 0 Å². The lowest BCUT2D eigenvalue weighted by molar-refractivity contribution is 0.628. The zero-order valence-corrected chi connectivity index (χ0v) is 13.8. The fourth-order valence-electron chi connectivity index (χ4n) is 3.48. The van der Waals surface area contributed by atoms with Crippen molar-refractivity contribution >= 4 is 27.2 Å². The summed E-state index contributed by atoms with van der Waals surface area (Å²) >= 11 is 1.78. The van der Waals surface area contributed by atoms with Gasteiger partial charge in [-0.25, -0.2) is 18.9 Å². The average molecular weight is 338 g/mol. The third kappa shape index (κ3) is 2.13. The minimum Gasteiger partial charge on any atom is -0.225 e. The third-order valence-corrected chi connectivity index (χ3v) is 5.82. The van der Waals surface area contributed by atoms with Crippen LogP contribution in [0, 0.1) is 5.82 Å². The Hall–Kier alpha value is -2.34. The highest BCUT2D eigenvalue weighted by molar-refractivity contribution is 7.19. The van der Waals surface area contributed by atoms with Gasteiger partial charge in [-0.3, -0.25) is 0 Å². The molecule has 0 amide bonds. The van der Waals surface area contributed by atoms with Crippen molar-refractivity contribution in [1.29, 1.82) is 0 Å². The number of fused-ring (bicyclic) bond motifs is 5. The molecule has 0 unspecified atom stereocenters. The van der Waals surface area contributed by atoms with Gasteiger partial charge in [0.05, 0.1) is 5.39 Å². The van der Waals surface area contributed by atoms with Crippen molar-refractivity contribution in [3.63, 3.8) is 0 Å². The van der Waals surface area contributed by atoms with E-state index in [1.165, 1.54) is 41.8 Å². The van der Waals surface area contributed by atoms with Crippen LogP contribution in [0.15, 0.2) is 30.6 Å². The van der Waals surface area contributed by atoms with Crippen molar-refractivity contribution in [3.05, 3.63) is 46.9 Å². The molecule has 24 heavy (non-hydrogen) atoms. The first-order valence-corrected chi connectivity index (χ1v) is 9.03. The van der Waals surface area contributed by atoms with Crippen molar-refractivity contribution < 1.29 is 4.39 Å². The molecule has 0 N–H and O–H groups in total. The summed E-state index contributed by atoms with van der Waals surface area (Å²) in [5, 5.41) is 5.64. The molecular weight excluding hydrogens is 323 g/mol. The molecule has 1 aliphatic rings. The Labute approximate surface area is 142 Å². The van der Waals surface area contributed by atoms with E-state index >= 15 is 0 Å². The molecule has 6 heteroatoms. The number of benzene rings is 1. The number of hydrogen-bond acceptors (Lipinski definition) is 4. The van der Waals surface area contributed by atoms with Crippen LogP contribution in [0.3, 0.4) is 0 Å². The molecule has 1 aromatic carbocycles. The van der Waals surface area contributed by atoms with Gasteiger partial charge in [0.15, 0.2) is 11.5 Å². The average Bonchev–Trinajstić information content (AvgIpc) is 3.09. The van der Waals surface area contributed by atoms with E-state index < -0.39 is 0 Å². The topological polar surface area (TPSA) is 43.1 Å². The maximum Gasteiger partial charge on any atom is 0.182 e. The first-order valence-electron chi connectivity index (χ1n) is 8.21. The van der Waals surface area contributed by atoms with Gasteiger partial charge in [0.25, 0.3) is 0 Å². The van der Waals surface area contributed by atoms with Crippen molar-refractivity contribution in [2.75, 3.05) is 0 Å². The second-order valence-electron chi connectivity index (χ2n) is 6.20. The van der Waals surface area contributed by atoms with E-state index in [1.54, 1.807) is 28.2 Å². The number of halogens is 1. The Morgan fingerprint density at radius 3 is 2.96 bits per heavy atom. The molecule has 0 bridgehead atoms. The predicted octanol–water partition coefficient (Wildman–Crippen LogP) is 4.41. The summed E-state index contributed by atoms with van der Waals surface area (Å²) in [4.78, 5) is 11.8. The minimum atomic E-state index is -0.279. The maximum absolute atomic E-state index is 13.5. The molecule has 0 atom stereocenters. The summed E-state index contributed by atoms with van der Waals surface area (Å²) in [5.74, 6) is 0.261. The Bertz CT molecular complexity index is 1070. The lowest BCUT2D eigenvalue weighted by Crippen LogP contribution is -1.92. The summed E-state index contributed by atoms with van der Waals surface area (Å²) in [6, 6.07) is 6.41. The summed E-state index contributed by atoms with van der Waals surface area (Å²) in [6.45, 7) is 0. The number of aryl methyl sites for hydroxylation is 2. The van der Waals surface area contributed by atoms with E-state index in [1.807, 2.05) is 6.07 Å². The fourth-order valence-corrected chi connectivity index (χ4v) is 4.70. The largest absolute Gasteiger partial charge is 0.225 e. The molecule has 0 fully saturated rings. The number of hydrogen-bond donors (Lipinski definition) is 0. The van der Waals surface area contributed by atoms with Gasteiger partial charge in [-0.2, -0.15) is 0 Å². The van der Waals surface area contributed by atoms with Gasteiger partial charge in [-0.15, -0.1) is 16.4 Å². The summed E-state index contributed by atoms with van der Waals surface area (Å²) in [6.07, 6.45) is 7.67. The number of aromatic nitrogens is 4. The molecule has 3 heterocycles. The van der Waals surface area contributed by atoms with E-state index in [4.69, 9.17) is 4.98 Å². The van der Waals surface area contributed by atoms with Crippen molar-refractivity contribution in [2.24, 2.45) is 0 Å². The van der Waals surface area contributed by atoms with Crippen LogP contribution in [0.1, 0.15) is 29.7 Å². The van der Waals surface area contributed by atoms with E-state index in [2.05, 4.69) is 10.1 Å². The standard InChI is InChI=1S/C18H15FN4S/c19-12-6-4-5-11(9-12)16-21-17-15-13-7-2-1-3-8-14(13)24-18(15)20-10-23(17)22-16/h4-6,9-10H,1-3,7-8H2. The second kappa shape index (κ2) is 5.34. The smallest absolute Gasteiger partial charge is 0.182 e. The van der Waals surface area contributed by atoms with Crippen LogP contribution in [0.4, 0.5) is 4.39 Å². The Kier molecular flexibility index (Phi) is 3.13. The fraction of sp³-hybridized carbons (Fsp3) is 0.278. The number of nitrogens with zero attached hydrogens (tertiary/aromatic N) is 4. The lowest BCUT2D eigenvalue weighted by atomic mass is 10.1. The molecule has 0 aliphatic heterocycles. The molecule has 0 spiro atoms. The zero-order valence-electron chi connectivity index (χ0n) is 13.0. The van der Waals surface area contributed by atoms with Crippen LogP contribution in [-0.2, 0) is 12.8 Å². The van der Waals surface area contributed by atoms with Gasteiger partial charge in [-0.1, -0.05) is 18.6 Å². The van der Waals surface area contributed by atoms with Gasteiger partial charge in [0, 0.05) is 10.4 Å². The highest BCUT2D eigenvalue weighted by atomic mass is 32.1. The quantitative estimate of drug-likeness (QED) is 0.483. The van der Waals surface area contributed by atoms with E-state index in [9.17, 15) is 4.39 Å². The van der Waals surface area contributed by atoms with Crippen molar-refractivity contribution in [3.8, 4) is 11.4 Å². The molecule has 5 rings (SSSR count). The van der Waals surface area contributed by atoms with Gasteiger partial charge in [0.2, 0.25) is 0 Å². The van der Waals surface area contributed by atoms with E-state index in [-0.39, 0.29) is 5.82 Å². The van der Waals surface area contributed by atoms with E-state index in [0.717, 1.165) is 28.7 Å². The molecule has 4 aromatic rings. The Morgan fingerprint density at radius 2 is 2.04 bits per heavy atom. The molecule has 3 aromatic heterocycles. The molecule has 0 radical (unpaired) electrons. The Morgan fingerprint density at radius 1 is 1.12 bits per heavy atom. The normalized spacial score (nSPS) is 14.9. The van der Waals surface area contributed by atoms with Crippen LogP contribution >= 0.6 is 11.3 Å². The molecule has 0 saturated carbocycles. The lowest BCUT2D eigenvalue weighted by Gasteiger charge is -1.98. The van der Waals surface area contributed by atoms with Crippen LogP contribution in [0.5, 0.6) is 0 Å². The highest BCUT2D eigenvalue weighted by Gasteiger charge is 2.20. The number of rotatable bonds is 1. The second-order valence-corrected chi connectivity index (χ2v) is 7.29.